The minimum atomic E-state index is -4.79. The number of benzene rings is 2. The highest BCUT2D eigenvalue weighted by Gasteiger charge is 2.38. The highest BCUT2D eigenvalue weighted by molar-refractivity contribution is 9.10. The van der Waals surface area contributed by atoms with Crippen LogP contribution in [0.4, 0.5) is 13.2 Å². The van der Waals surface area contributed by atoms with Gasteiger partial charge in [-0.3, -0.25) is 0 Å². The molecule has 3 rings (SSSR count). The Morgan fingerprint density at radius 2 is 1.76 bits per heavy atom. The normalized spacial score (nSPS) is 17.5. The fraction of sp³-hybridized carbons (Fsp3) is 0.250. The maximum atomic E-state index is 13.2. The van der Waals surface area contributed by atoms with Crippen LogP contribution in [0.5, 0.6) is 5.75 Å². The molecule has 2 N–H and O–H groups in total. The van der Waals surface area contributed by atoms with Gasteiger partial charge in [-0.2, -0.15) is 13.2 Å². The number of fused-ring (bicyclic) bond motifs is 1. The number of rotatable bonds is 3. The molecule has 25 heavy (non-hydrogen) atoms. The molecule has 0 heterocycles. The Balaban J connectivity index is 1.89. The van der Waals surface area contributed by atoms with Gasteiger partial charge in [0.25, 0.3) is 0 Å². The summed E-state index contributed by atoms with van der Waals surface area (Å²) in [5, 5.41) is 9.48. The Hall–Kier alpha value is -1.58. The summed E-state index contributed by atoms with van der Waals surface area (Å²) in [5.74, 6) is 0.0644. The SMILES string of the molecule is O=S(=O)(NC1Cc2ccc(O)cc2C1)c1ccc(Br)cc1C(F)(F)F. The van der Waals surface area contributed by atoms with Gasteiger partial charge in [-0.25, -0.2) is 13.1 Å². The van der Waals surface area contributed by atoms with Gasteiger partial charge in [0.2, 0.25) is 10.0 Å². The molecule has 0 fully saturated rings. The van der Waals surface area contributed by atoms with Crippen LogP contribution in [0.25, 0.3) is 0 Å². The summed E-state index contributed by atoms with van der Waals surface area (Å²) in [5.41, 5.74) is 0.416. The van der Waals surface area contributed by atoms with E-state index >= 15 is 0 Å². The van der Waals surface area contributed by atoms with Gasteiger partial charge in [0.15, 0.2) is 0 Å². The third-order valence-corrected chi connectivity index (χ3v) is 6.05. The molecule has 0 amide bonds. The van der Waals surface area contributed by atoms with Crippen molar-refractivity contribution in [3.8, 4) is 5.75 Å². The summed E-state index contributed by atoms with van der Waals surface area (Å²) in [6.45, 7) is 0. The van der Waals surface area contributed by atoms with E-state index in [2.05, 4.69) is 20.7 Å². The highest BCUT2D eigenvalue weighted by Crippen LogP contribution is 2.36. The second-order valence-electron chi connectivity index (χ2n) is 5.82. The maximum Gasteiger partial charge on any atom is 0.417 e. The molecular weight excluding hydrogens is 423 g/mol. The fourth-order valence-corrected chi connectivity index (χ4v) is 4.73. The first kappa shape index (κ1) is 18.2. The van der Waals surface area contributed by atoms with Gasteiger partial charge in [-0.1, -0.05) is 22.0 Å². The van der Waals surface area contributed by atoms with E-state index < -0.39 is 32.7 Å². The van der Waals surface area contributed by atoms with E-state index in [1.165, 1.54) is 18.2 Å². The molecule has 0 saturated carbocycles. The molecule has 9 heteroatoms. The van der Waals surface area contributed by atoms with Gasteiger partial charge in [0, 0.05) is 10.5 Å². The van der Waals surface area contributed by atoms with Crippen molar-refractivity contribution in [2.45, 2.75) is 30.0 Å². The number of alkyl halides is 3. The van der Waals surface area contributed by atoms with Crippen LogP contribution in [-0.4, -0.2) is 19.6 Å². The summed E-state index contributed by atoms with van der Waals surface area (Å²) in [6.07, 6.45) is -4.13. The first-order chi connectivity index (χ1) is 11.6. The molecule has 0 radical (unpaired) electrons. The molecular formula is C16H13BrF3NO3S. The Morgan fingerprint density at radius 3 is 2.44 bits per heavy atom. The lowest BCUT2D eigenvalue weighted by atomic mass is 10.1. The number of phenolic OH excluding ortho intramolecular Hbond substituents is 1. The average molecular weight is 436 g/mol. The van der Waals surface area contributed by atoms with Crippen LogP contribution in [-0.2, 0) is 29.0 Å². The summed E-state index contributed by atoms with van der Waals surface area (Å²) in [7, 11) is -4.36. The van der Waals surface area contributed by atoms with Crippen molar-refractivity contribution >= 4 is 26.0 Å². The van der Waals surface area contributed by atoms with Crippen LogP contribution >= 0.6 is 15.9 Å². The van der Waals surface area contributed by atoms with Gasteiger partial charge >= 0.3 is 6.18 Å². The molecule has 2 aromatic rings. The smallest absolute Gasteiger partial charge is 0.417 e. The van der Waals surface area contributed by atoms with E-state index in [1.807, 2.05) is 0 Å². The molecule has 0 spiro atoms. The summed E-state index contributed by atoms with van der Waals surface area (Å²) < 4.78 is 67.1. The van der Waals surface area contributed by atoms with E-state index in [4.69, 9.17) is 0 Å². The van der Waals surface area contributed by atoms with Crippen molar-refractivity contribution in [3.05, 3.63) is 57.6 Å². The molecule has 0 saturated heterocycles. The lowest BCUT2D eigenvalue weighted by molar-refractivity contribution is -0.139. The number of sulfonamides is 1. The molecule has 1 aliphatic rings. The lowest BCUT2D eigenvalue weighted by Gasteiger charge is -2.17. The molecule has 1 atom stereocenters. The Labute approximate surface area is 150 Å². The van der Waals surface area contributed by atoms with Crippen LogP contribution in [0.2, 0.25) is 0 Å². The van der Waals surface area contributed by atoms with Crippen molar-refractivity contribution in [1.29, 1.82) is 0 Å². The molecule has 4 nitrogen and oxygen atoms in total. The number of aromatic hydroxyl groups is 1. The monoisotopic (exact) mass is 435 g/mol. The van der Waals surface area contributed by atoms with E-state index in [0.717, 1.165) is 23.3 Å². The lowest BCUT2D eigenvalue weighted by Crippen LogP contribution is -2.36. The minimum absolute atomic E-state index is 0.0644. The van der Waals surface area contributed by atoms with Crippen molar-refractivity contribution in [3.63, 3.8) is 0 Å². The molecule has 0 aliphatic heterocycles. The van der Waals surface area contributed by atoms with Crippen molar-refractivity contribution in [1.82, 2.24) is 4.72 Å². The zero-order valence-corrected chi connectivity index (χ0v) is 15.0. The van der Waals surface area contributed by atoms with Gasteiger partial charge < -0.3 is 5.11 Å². The predicted octanol–water partition coefficient (Wildman–Crippen LogP) is 3.62. The maximum absolute atomic E-state index is 13.2. The quantitative estimate of drug-likeness (QED) is 0.773. The predicted molar refractivity (Wildman–Crippen MR) is 88.8 cm³/mol. The first-order valence-corrected chi connectivity index (χ1v) is 9.54. The van der Waals surface area contributed by atoms with Crippen molar-refractivity contribution in [2.24, 2.45) is 0 Å². The number of phenols is 1. The van der Waals surface area contributed by atoms with Crippen LogP contribution in [0.1, 0.15) is 16.7 Å². The van der Waals surface area contributed by atoms with E-state index in [9.17, 15) is 26.7 Å². The average Bonchev–Trinajstić information content (AvgIpc) is 2.86. The van der Waals surface area contributed by atoms with Crippen LogP contribution < -0.4 is 4.72 Å². The zero-order chi connectivity index (χ0) is 18.4. The van der Waals surface area contributed by atoms with Crippen molar-refractivity contribution < 1.29 is 26.7 Å². The standard InChI is InChI=1S/C16H13BrF3NO3S/c17-11-2-4-15(14(8-11)16(18,19)20)25(23,24)21-12-5-9-1-3-13(22)7-10(9)6-12/h1-4,7-8,12,21-22H,5-6H2. The van der Waals surface area contributed by atoms with Crippen LogP contribution in [0.15, 0.2) is 45.8 Å². The Kier molecular flexibility index (Phi) is 4.59. The van der Waals surface area contributed by atoms with Gasteiger partial charge in [-0.15, -0.1) is 0 Å². The molecule has 134 valence electrons. The molecule has 1 aliphatic carbocycles. The first-order valence-electron chi connectivity index (χ1n) is 7.26. The summed E-state index contributed by atoms with van der Waals surface area (Å²) in [4.78, 5) is -0.804. The number of halogens is 4. The van der Waals surface area contributed by atoms with Gasteiger partial charge in [0.1, 0.15) is 5.75 Å². The van der Waals surface area contributed by atoms with Crippen molar-refractivity contribution in [2.75, 3.05) is 0 Å². The highest BCUT2D eigenvalue weighted by atomic mass is 79.9. The molecule has 2 aromatic carbocycles. The third kappa shape index (κ3) is 3.83. The van der Waals surface area contributed by atoms with E-state index in [-0.39, 0.29) is 10.2 Å². The molecule has 1 unspecified atom stereocenters. The number of nitrogens with one attached hydrogen (secondary N) is 1. The fourth-order valence-electron chi connectivity index (χ4n) is 2.93. The van der Waals surface area contributed by atoms with Crippen LogP contribution in [0, 0.1) is 0 Å². The van der Waals surface area contributed by atoms with E-state index in [1.54, 1.807) is 6.07 Å². The third-order valence-electron chi connectivity index (χ3n) is 3.98. The summed E-state index contributed by atoms with van der Waals surface area (Å²) in [6, 6.07) is 7.08. The number of hydrogen-bond donors (Lipinski definition) is 2. The Bertz CT molecular complexity index is 929. The molecule has 0 bridgehead atoms. The van der Waals surface area contributed by atoms with Gasteiger partial charge in [0.05, 0.1) is 10.5 Å². The second-order valence-corrected chi connectivity index (χ2v) is 8.42. The van der Waals surface area contributed by atoms with Crippen LogP contribution in [0.3, 0.4) is 0 Å². The topological polar surface area (TPSA) is 66.4 Å². The van der Waals surface area contributed by atoms with Gasteiger partial charge in [-0.05, 0) is 54.3 Å². The largest absolute Gasteiger partial charge is 0.508 e. The number of hydrogen-bond acceptors (Lipinski definition) is 3. The second kappa shape index (κ2) is 6.30. The van der Waals surface area contributed by atoms with E-state index in [0.29, 0.717) is 12.8 Å². The Morgan fingerprint density at radius 1 is 1.08 bits per heavy atom. The molecule has 0 aromatic heterocycles. The summed E-state index contributed by atoms with van der Waals surface area (Å²) >= 11 is 2.93. The minimum Gasteiger partial charge on any atom is -0.508 e. The zero-order valence-electron chi connectivity index (χ0n) is 12.6.